The summed E-state index contributed by atoms with van der Waals surface area (Å²) >= 11 is 1.59. The van der Waals surface area contributed by atoms with Gasteiger partial charge < -0.3 is 19.7 Å². The van der Waals surface area contributed by atoms with Crippen LogP contribution in [0.25, 0.3) is 22.4 Å². The lowest BCUT2D eigenvalue weighted by atomic mass is 10.0. The van der Waals surface area contributed by atoms with Gasteiger partial charge >= 0.3 is 0 Å². The Morgan fingerprint density at radius 2 is 1.90 bits per heavy atom. The molecule has 0 saturated heterocycles. The molecule has 3 aromatic rings. The van der Waals surface area contributed by atoms with E-state index in [0.29, 0.717) is 11.5 Å². The molecule has 2 heterocycles. The van der Waals surface area contributed by atoms with Crippen molar-refractivity contribution >= 4 is 17.2 Å². The molecule has 0 aliphatic heterocycles. The fraction of sp³-hybridized carbons (Fsp3) is 0.133. The monoisotopic (exact) mass is 302 g/mol. The van der Waals surface area contributed by atoms with Crippen molar-refractivity contribution in [2.45, 2.75) is 0 Å². The number of thiophene rings is 1. The molecule has 0 radical (unpaired) electrons. The van der Waals surface area contributed by atoms with Crippen molar-refractivity contribution in [2.24, 2.45) is 0 Å². The predicted molar refractivity (Wildman–Crippen MR) is 82.8 cm³/mol. The van der Waals surface area contributed by atoms with Gasteiger partial charge in [-0.1, -0.05) is 11.2 Å². The summed E-state index contributed by atoms with van der Waals surface area (Å²) in [7, 11) is 3.19. The van der Waals surface area contributed by atoms with Crippen LogP contribution in [-0.4, -0.2) is 19.4 Å². The Morgan fingerprint density at radius 3 is 2.57 bits per heavy atom. The van der Waals surface area contributed by atoms with Gasteiger partial charge in [-0.2, -0.15) is 11.3 Å². The van der Waals surface area contributed by atoms with Crippen LogP contribution in [0.15, 0.2) is 39.5 Å². The van der Waals surface area contributed by atoms with Crippen LogP contribution < -0.4 is 15.2 Å². The van der Waals surface area contributed by atoms with Crippen molar-refractivity contribution < 1.29 is 14.0 Å². The Labute approximate surface area is 125 Å². The zero-order valence-corrected chi connectivity index (χ0v) is 12.4. The minimum absolute atomic E-state index is 0.281. The Morgan fingerprint density at radius 1 is 1.10 bits per heavy atom. The second kappa shape index (κ2) is 5.49. The van der Waals surface area contributed by atoms with Crippen LogP contribution in [0.5, 0.6) is 11.5 Å². The number of anilines is 1. The molecule has 0 aliphatic rings. The zero-order chi connectivity index (χ0) is 14.8. The normalized spacial score (nSPS) is 10.6. The molecule has 0 amide bonds. The number of nitrogens with zero attached hydrogens (tertiary/aromatic N) is 1. The predicted octanol–water partition coefficient (Wildman–Crippen LogP) is 3.67. The summed E-state index contributed by atoms with van der Waals surface area (Å²) in [6.45, 7) is 0. The van der Waals surface area contributed by atoms with Crippen molar-refractivity contribution in [3.63, 3.8) is 0 Å². The molecule has 0 spiro atoms. The number of benzene rings is 1. The van der Waals surface area contributed by atoms with Gasteiger partial charge in [0.25, 0.3) is 0 Å². The van der Waals surface area contributed by atoms with E-state index in [4.69, 9.17) is 19.7 Å². The second-order valence-electron chi connectivity index (χ2n) is 4.35. The van der Waals surface area contributed by atoms with Crippen molar-refractivity contribution in [1.29, 1.82) is 0 Å². The van der Waals surface area contributed by atoms with Crippen LogP contribution in [0.3, 0.4) is 0 Å². The van der Waals surface area contributed by atoms with Crippen molar-refractivity contribution in [3.05, 3.63) is 35.0 Å². The van der Waals surface area contributed by atoms with Crippen LogP contribution in [0.4, 0.5) is 5.88 Å². The summed E-state index contributed by atoms with van der Waals surface area (Å²) in [5.41, 5.74) is 9.27. The maximum atomic E-state index is 5.94. The number of hydrogen-bond acceptors (Lipinski definition) is 6. The minimum Gasteiger partial charge on any atom is -0.493 e. The Bertz CT molecular complexity index is 750. The molecule has 0 saturated carbocycles. The molecule has 0 unspecified atom stereocenters. The van der Waals surface area contributed by atoms with Crippen molar-refractivity contribution in [2.75, 3.05) is 20.0 Å². The summed E-state index contributed by atoms with van der Waals surface area (Å²) in [5, 5.41) is 8.05. The molecule has 0 atom stereocenters. The van der Waals surface area contributed by atoms with E-state index >= 15 is 0 Å². The third-order valence-electron chi connectivity index (χ3n) is 3.19. The molecule has 0 aliphatic carbocycles. The van der Waals surface area contributed by atoms with E-state index < -0.39 is 0 Å². The number of nitrogen functional groups attached to an aromatic ring is 1. The molecule has 0 fully saturated rings. The highest BCUT2D eigenvalue weighted by Crippen LogP contribution is 2.40. The van der Waals surface area contributed by atoms with Gasteiger partial charge in [0.2, 0.25) is 5.88 Å². The topological polar surface area (TPSA) is 70.5 Å². The first-order chi connectivity index (χ1) is 10.2. The molecule has 21 heavy (non-hydrogen) atoms. The first-order valence-electron chi connectivity index (χ1n) is 6.24. The van der Waals surface area contributed by atoms with Crippen LogP contribution in [0, 0.1) is 0 Å². The van der Waals surface area contributed by atoms with Gasteiger partial charge in [-0.15, -0.1) is 0 Å². The maximum absolute atomic E-state index is 5.94. The molecule has 2 aromatic heterocycles. The highest BCUT2D eigenvalue weighted by Gasteiger charge is 2.19. The maximum Gasteiger partial charge on any atom is 0.230 e. The Kier molecular flexibility index (Phi) is 3.53. The first kappa shape index (κ1) is 13.5. The number of hydrogen-bond donors (Lipinski definition) is 1. The SMILES string of the molecule is COc1ccc(-c2c(-c3ccsc3)noc2N)cc1OC. The number of aromatic nitrogens is 1. The van der Waals surface area contributed by atoms with Gasteiger partial charge in [-0.05, 0) is 29.1 Å². The fourth-order valence-corrected chi connectivity index (χ4v) is 2.81. The van der Waals surface area contributed by atoms with Crippen LogP contribution >= 0.6 is 11.3 Å². The van der Waals surface area contributed by atoms with Gasteiger partial charge in [0, 0.05) is 10.9 Å². The molecular weight excluding hydrogens is 288 g/mol. The quantitative estimate of drug-likeness (QED) is 0.796. The van der Waals surface area contributed by atoms with Gasteiger partial charge in [-0.25, -0.2) is 0 Å². The largest absolute Gasteiger partial charge is 0.493 e. The minimum atomic E-state index is 0.281. The molecule has 5 nitrogen and oxygen atoms in total. The van der Waals surface area contributed by atoms with Crippen LogP contribution in [-0.2, 0) is 0 Å². The van der Waals surface area contributed by atoms with E-state index in [2.05, 4.69) is 5.16 Å². The number of methoxy groups -OCH3 is 2. The lowest BCUT2D eigenvalue weighted by Crippen LogP contribution is -1.92. The van der Waals surface area contributed by atoms with E-state index in [1.165, 1.54) is 0 Å². The van der Waals surface area contributed by atoms with E-state index in [0.717, 1.165) is 22.4 Å². The molecular formula is C15H14N2O3S. The standard InChI is InChI=1S/C15H14N2O3S/c1-18-11-4-3-9(7-12(11)19-2)13-14(17-20-15(13)16)10-5-6-21-8-10/h3-8H,16H2,1-2H3. The summed E-state index contributed by atoms with van der Waals surface area (Å²) in [6, 6.07) is 7.57. The van der Waals surface area contributed by atoms with Crippen molar-refractivity contribution in [3.8, 4) is 33.9 Å². The van der Waals surface area contributed by atoms with Gasteiger partial charge in [-0.3, -0.25) is 0 Å². The molecule has 2 N–H and O–H groups in total. The average Bonchev–Trinajstić information content (AvgIpc) is 3.15. The molecule has 1 aromatic carbocycles. The van der Waals surface area contributed by atoms with E-state index in [9.17, 15) is 0 Å². The van der Waals surface area contributed by atoms with Crippen LogP contribution in [0.2, 0.25) is 0 Å². The smallest absolute Gasteiger partial charge is 0.230 e. The van der Waals surface area contributed by atoms with Gasteiger partial charge in [0.15, 0.2) is 11.5 Å². The highest BCUT2D eigenvalue weighted by atomic mass is 32.1. The number of ether oxygens (including phenoxy) is 2. The third kappa shape index (κ3) is 2.34. The first-order valence-corrected chi connectivity index (χ1v) is 7.19. The lowest BCUT2D eigenvalue weighted by Gasteiger charge is -2.09. The lowest BCUT2D eigenvalue weighted by molar-refractivity contribution is 0.355. The summed E-state index contributed by atoms with van der Waals surface area (Å²) in [4.78, 5) is 0. The summed E-state index contributed by atoms with van der Waals surface area (Å²) in [6.07, 6.45) is 0. The molecule has 108 valence electrons. The number of rotatable bonds is 4. The Hall–Kier alpha value is -2.47. The molecule has 3 rings (SSSR count). The molecule has 0 bridgehead atoms. The Balaban J connectivity index is 2.15. The second-order valence-corrected chi connectivity index (χ2v) is 5.13. The van der Waals surface area contributed by atoms with Gasteiger partial charge in [0.1, 0.15) is 5.69 Å². The van der Waals surface area contributed by atoms with E-state index in [-0.39, 0.29) is 5.88 Å². The third-order valence-corrected chi connectivity index (χ3v) is 3.87. The summed E-state index contributed by atoms with van der Waals surface area (Å²) < 4.78 is 15.7. The summed E-state index contributed by atoms with van der Waals surface area (Å²) in [5.74, 6) is 1.57. The van der Waals surface area contributed by atoms with E-state index in [1.54, 1.807) is 25.6 Å². The fourth-order valence-electron chi connectivity index (χ4n) is 2.17. The van der Waals surface area contributed by atoms with Gasteiger partial charge in [0.05, 0.1) is 19.8 Å². The molecule has 6 heteroatoms. The van der Waals surface area contributed by atoms with E-state index in [1.807, 2.05) is 35.0 Å². The van der Waals surface area contributed by atoms with Crippen molar-refractivity contribution in [1.82, 2.24) is 5.16 Å². The zero-order valence-electron chi connectivity index (χ0n) is 11.6. The number of nitrogens with two attached hydrogens (primary N) is 1. The van der Waals surface area contributed by atoms with Crippen LogP contribution in [0.1, 0.15) is 0 Å². The highest BCUT2D eigenvalue weighted by molar-refractivity contribution is 7.08. The average molecular weight is 302 g/mol.